The summed E-state index contributed by atoms with van der Waals surface area (Å²) in [7, 11) is 1.68. The third-order valence-corrected chi connectivity index (χ3v) is 5.06. The maximum absolute atomic E-state index is 6.01. The minimum Gasteiger partial charge on any atom is -0.382 e. The Hall–Kier alpha value is -2.93. The van der Waals surface area contributed by atoms with E-state index in [9.17, 15) is 0 Å². The second-order valence-corrected chi connectivity index (χ2v) is 7.04. The fourth-order valence-corrected chi connectivity index (χ4v) is 3.28. The number of nitrogens with one attached hydrogen (secondary N) is 4. The van der Waals surface area contributed by atoms with Crippen molar-refractivity contribution in [3.05, 3.63) is 70.3 Å². The Labute approximate surface area is 166 Å². The number of ether oxygens (including phenoxy) is 1. The molecule has 6 N–H and O–H groups in total. The summed E-state index contributed by atoms with van der Waals surface area (Å²) in [5, 5.41) is 13.1. The maximum Gasteiger partial charge on any atom is 0.195 e. The molecule has 150 valence electrons. The molecule has 7 heteroatoms. The number of nitrogens with two attached hydrogens (primary N) is 1. The molecule has 0 aliphatic carbocycles. The number of allylic oxidation sites excluding steroid dienone is 1. The molecule has 2 atom stereocenters. The highest BCUT2D eigenvalue weighted by Gasteiger charge is 2.17. The molecular formula is C21H30N6O. The molecule has 2 aliphatic rings. The van der Waals surface area contributed by atoms with Crippen LogP contribution in [0.3, 0.4) is 0 Å². The molecule has 0 radical (unpaired) electrons. The lowest BCUT2D eigenvalue weighted by molar-refractivity contribution is 0.122. The summed E-state index contributed by atoms with van der Waals surface area (Å²) in [5.41, 5.74) is 11.9. The summed E-state index contributed by atoms with van der Waals surface area (Å²) in [6.07, 6.45) is 6.01. The molecule has 0 aromatic heterocycles. The lowest BCUT2D eigenvalue weighted by Crippen LogP contribution is -2.41. The van der Waals surface area contributed by atoms with Crippen LogP contribution in [0.5, 0.6) is 0 Å². The highest BCUT2D eigenvalue weighted by atomic mass is 16.5. The molecule has 0 saturated heterocycles. The minimum absolute atomic E-state index is 0.0652. The predicted octanol–water partition coefficient (Wildman–Crippen LogP) is 1.65. The quantitative estimate of drug-likeness (QED) is 0.460. The molecule has 2 heterocycles. The minimum atomic E-state index is -0.0852. The Balaban J connectivity index is 1.56. The number of methoxy groups -OCH3 is 1. The van der Waals surface area contributed by atoms with Crippen LogP contribution in [0.1, 0.15) is 29.7 Å². The van der Waals surface area contributed by atoms with Gasteiger partial charge in [0, 0.05) is 26.4 Å². The molecular weight excluding hydrogens is 352 g/mol. The van der Waals surface area contributed by atoms with Crippen LogP contribution in [0.25, 0.3) is 0 Å². The molecule has 7 nitrogen and oxygen atoms in total. The van der Waals surface area contributed by atoms with E-state index in [0.717, 1.165) is 30.2 Å². The molecule has 0 spiro atoms. The van der Waals surface area contributed by atoms with Gasteiger partial charge in [0.2, 0.25) is 0 Å². The largest absolute Gasteiger partial charge is 0.382 e. The number of benzene rings is 1. The summed E-state index contributed by atoms with van der Waals surface area (Å²) < 4.78 is 5.28. The van der Waals surface area contributed by atoms with Crippen LogP contribution >= 0.6 is 0 Å². The van der Waals surface area contributed by atoms with Gasteiger partial charge in [-0.15, -0.1) is 0 Å². The molecule has 2 unspecified atom stereocenters. The Morgan fingerprint density at radius 2 is 1.93 bits per heavy atom. The average Bonchev–Trinajstić information content (AvgIpc) is 2.68. The zero-order valence-electron chi connectivity index (χ0n) is 17.0. The molecule has 28 heavy (non-hydrogen) atoms. The van der Waals surface area contributed by atoms with E-state index in [1.807, 2.05) is 12.3 Å². The van der Waals surface area contributed by atoms with Gasteiger partial charge in [-0.1, -0.05) is 18.2 Å². The zero-order chi connectivity index (χ0) is 20.1. The van der Waals surface area contributed by atoms with Gasteiger partial charge in [-0.05, 0) is 55.2 Å². The van der Waals surface area contributed by atoms with E-state index in [0.29, 0.717) is 5.96 Å². The first kappa shape index (κ1) is 19.8. The third kappa shape index (κ3) is 4.67. The maximum atomic E-state index is 6.01. The zero-order valence-corrected chi connectivity index (χ0v) is 17.0. The summed E-state index contributed by atoms with van der Waals surface area (Å²) in [4.78, 5) is 4.55. The van der Waals surface area contributed by atoms with Crippen molar-refractivity contribution in [1.82, 2.24) is 21.3 Å². The van der Waals surface area contributed by atoms with E-state index >= 15 is 0 Å². The van der Waals surface area contributed by atoms with Crippen molar-refractivity contribution in [3.63, 3.8) is 0 Å². The van der Waals surface area contributed by atoms with Crippen molar-refractivity contribution < 1.29 is 4.74 Å². The van der Waals surface area contributed by atoms with Crippen molar-refractivity contribution in [2.75, 3.05) is 20.2 Å². The highest BCUT2D eigenvalue weighted by Crippen LogP contribution is 2.26. The topological polar surface area (TPSA) is 95.7 Å². The smallest absolute Gasteiger partial charge is 0.195 e. The number of aryl methyl sites for hydroxylation is 1. The van der Waals surface area contributed by atoms with Gasteiger partial charge in [0.05, 0.1) is 5.70 Å². The van der Waals surface area contributed by atoms with Gasteiger partial charge < -0.3 is 31.7 Å². The Kier molecular flexibility index (Phi) is 6.26. The van der Waals surface area contributed by atoms with Crippen LogP contribution in [-0.4, -0.2) is 32.4 Å². The fourth-order valence-electron chi connectivity index (χ4n) is 3.28. The van der Waals surface area contributed by atoms with Crippen molar-refractivity contribution >= 4 is 5.96 Å². The molecule has 2 aliphatic heterocycles. The molecule has 1 aromatic carbocycles. The van der Waals surface area contributed by atoms with Gasteiger partial charge in [0.25, 0.3) is 0 Å². The van der Waals surface area contributed by atoms with Crippen molar-refractivity contribution in [1.29, 1.82) is 0 Å². The van der Waals surface area contributed by atoms with Crippen molar-refractivity contribution in [2.45, 2.75) is 33.0 Å². The van der Waals surface area contributed by atoms with Crippen LogP contribution in [-0.2, 0) is 4.74 Å². The SMILES string of the molecule is COC1C=C(C)C(NCCNC2=CC(c3cccc(C)c3C)N=C(N)N2)=CN1. The normalized spacial score (nSPS) is 21.4. The second-order valence-electron chi connectivity index (χ2n) is 7.04. The second kappa shape index (κ2) is 8.84. The monoisotopic (exact) mass is 382 g/mol. The van der Waals surface area contributed by atoms with E-state index in [1.165, 1.54) is 16.7 Å². The number of aliphatic imine (C=N–C) groups is 1. The van der Waals surface area contributed by atoms with Crippen molar-refractivity contribution in [2.24, 2.45) is 10.7 Å². The van der Waals surface area contributed by atoms with E-state index in [2.05, 4.69) is 71.3 Å². The van der Waals surface area contributed by atoms with Crippen LogP contribution < -0.4 is 27.0 Å². The average molecular weight is 383 g/mol. The highest BCUT2D eigenvalue weighted by molar-refractivity contribution is 5.81. The number of guanidine groups is 1. The molecule has 3 rings (SSSR count). The Morgan fingerprint density at radius 1 is 1.14 bits per heavy atom. The molecule has 0 saturated carbocycles. The van der Waals surface area contributed by atoms with E-state index in [1.54, 1.807) is 7.11 Å². The van der Waals surface area contributed by atoms with E-state index in [-0.39, 0.29) is 12.3 Å². The van der Waals surface area contributed by atoms with Gasteiger partial charge in [0.1, 0.15) is 18.1 Å². The molecule has 0 fully saturated rings. The van der Waals surface area contributed by atoms with Crippen LogP contribution in [0.4, 0.5) is 0 Å². The first-order valence-corrected chi connectivity index (χ1v) is 9.51. The van der Waals surface area contributed by atoms with Gasteiger partial charge >= 0.3 is 0 Å². The molecule has 1 aromatic rings. The first-order chi connectivity index (χ1) is 13.5. The Bertz CT molecular complexity index is 839. The van der Waals surface area contributed by atoms with E-state index < -0.39 is 0 Å². The van der Waals surface area contributed by atoms with Crippen LogP contribution in [0.15, 0.2) is 58.6 Å². The fraction of sp³-hybridized carbons (Fsp3) is 0.381. The predicted molar refractivity (Wildman–Crippen MR) is 113 cm³/mol. The number of nitrogens with zero attached hydrogens (tertiary/aromatic N) is 1. The number of hydrogen-bond acceptors (Lipinski definition) is 7. The molecule has 0 amide bonds. The number of rotatable bonds is 7. The lowest BCUT2D eigenvalue weighted by atomic mass is 9.97. The third-order valence-electron chi connectivity index (χ3n) is 5.06. The van der Waals surface area contributed by atoms with Gasteiger partial charge in [-0.3, -0.25) is 0 Å². The van der Waals surface area contributed by atoms with Gasteiger partial charge in [-0.25, -0.2) is 4.99 Å². The Morgan fingerprint density at radius 3 is 2.68 bits per heavy atom. The lowest BCUT2D eigenvalue weighted by Gasteiger charge is -2.24. The number of hydrogen-bond donors (Lipinski definition) is 5. The number of dihydropyridines is 1. The summed E-state index contributed by atoms with van der Waals surface area (Å²) >= 11 is 0. The summed E-state index contributed by atoms with van der Waals surface area (Å²) in [6, 6.07) is 6.20. The van der Waals surface area contributed by atoms with Crippen molar-refractivity contribution in [3.8, 4) is 0 Å². The van der Waals surface area contributed by atoms with Crippen LogP contribution in [0, 0.1) is 13.8 Å². The molecule has 0 bridgehead atoms. The first-order valence-electron chi connectivity index (χ1n) is 9.51. The summed E-state index contributed by atoms with van der Waals surface area (Å²) in [5.74, 6) is 1.30. The van der Waals surface area contributed by atoms with Gasteiger partial charge in [-0.2, -0.15) is 0 Å². The van der Waals surface area contributed by atoms with Gasteiger partial charge in [0.15, 0.2) is 5.96 Å². The standard InChI is InChI=1S/C21H30N6O/c1-13-6-5-7-16(15(13)3)17-11-19(27-21(22)26-17)24-9-8-23-18-12-25-20(28-4)10-14(18)2/h5-7,10-12,17,20,23-25H,8-9H2,1-4H3,(H3,22,26,27). The van der Waals surface area contributed by atoms with E-state index in [4.69, 9.17) is 10.5 Å². The summed E-state index contributed by atoms with van der Waals surface area (Å²) in [6.45, 7) is 7.81. The van der Waals surface area contributed by atoms with Crippen LogP contribution in [0.2, 0.25) is 0 Å².